The van der Waals surface area contributed by atoms with Gasteiger partial charge in [0.2, 0.25) is 0 Å². The molecule has 2 heterocycles. The van der Waals surface area contributed by atoms with Crippen LogP contribution in [0.5, 0.6) is 5.75 Å². The van der Waals surface area contributed by atoms with Gasteiger partial charge in [-0.05, 0) is 36.6 Å². The third-order valence-corrected chi connectivity index (χ3v) is 5.65. The van der Waals surface area contributed by atoms with Crippen LogP contribution in [0.1, 0.15) is 48.4 Å². The molecule has 0 radical (unpaired) electrons. The van der Waals surface area contributed by atoms with Gasteiger partial charge in [0.15, 0.2) is 11.7 Å². The van der Waals surface area contributed by atoms with E-state index in [0.717, 1.165) is 48.6 Å². The number of carbonyl (C=O) groups excluding carboxylic acids is 1. The van der Waals surface area contributed by atoms with Crippen LogP contribution in [0.2, 0.25) is 0 Å². The number of aryl methyl sites for hydroxylation is 1. The summed E-state index contributed by atoms with van der Waals surface area (Å²) in [5, 5.41) is 3.57. The zero-order chi connectivity index (χ0) is 18.7. The molecule has 0 saturated heterocycles. The Balaban J connectivity index is 1.60. The van der Waals surface area contributed by atoms with Crippen LogP contribution in [0.4, 0.5) is 5.13 Å². The van der Waals surface area contributed by atoms with E-state index in [-0.39, 0.29) is 12.5 Å². The van der Waals surface area contributed by atoms with Gasteiger partial charge in [0.05, 0.1) is 5.69 Å². The Morgan fingerprint density at radius 2 is 2.23 bits per heavy atom. The first-order valence-electron chi connectivity index (χ1n) is 9.20. The fourth-order valence-corrected chi connectivity index (χ4v) is 4.18. The standard InChI is InChI=1S/C20H27N3O2S/c1-5-23-9-8-16-18(11-23)26-20(21-16)22-19(24)12-25-17-10-14(4)6-7-15(17)13(2)3/h6-7,10,13H,5,8-9,11-12H2,1-4H3,(H,21,22,24). The van der Waals surface area contributed by atoms with Crippen LogP contribution in [0.15, 0.2) is 18.2 Å². The van der Waals surface area contributed by atoms with E-state index in [1.54, 1.807) is 11.3 Å². The first-order chi connectivity index (χ1) is 12.5. The minimum atomic E-state index is -0.167. The number of amides is 1. The van der Waals surface area contributed by atoms with Gasteiger partial charge in [-0.3, -0.25) is 15.0 Å². The molecule has 0 aliphatic carbocycles. The second-order valence-corrected chi connectivity index (χ2v) is 8.12. The normalized spacial score (nSPS) is 14.3. The number of rotatable bonds is 6. The molecule has 0 saturated carbocycles. The van der Waals surface area contributed by atoms with Gasteiger partial charge in [0.1, 0.15) is 5.75 Å². The molecule has 0 atom stereocenters. The summed E-state index contributed by atoms with van der Waals surface area (Å²) in [6.45, 7) is 11.4. The van der Waals surface area contributed by atoms with E-state index in [4.69, 9.17) is 4.74 Å². The molecule has 1 aliphatic heterocycles. The van der Waals surface area contributed by atoms with Crippen molar-refractivity contribution in [3.8, 4) is 5.75 Å². The SMILES string of the molecule is CCN1CCc2nc(NC(=O)COc3cc(C)ccc3C(C)C)sc2C1. The molecule has 1 aromatic carbocycles. The molecular formula is C20H27N3O2S. The third kappa shape index (κ3) is 4.43. The third-order valence-electron chi connectivity index (χ3n) is 4.65. The number of thiazole rings is 1. The summed E-state index contributed by atoms with van der Waals surface area (Å²) >= 11 is 1.57. The van der Waals surface area contributed by atoms with Gasteiger partial charge in [-0.15, -0.1) is 11.3 Å². The van der Waals surface area contributed by atoms with Crippen molar-refractivity contribution in [3.63, 3.8) is 0 Å². The lowest BCUT2D eigenvalue weighted by atomic mass is 10.0. The second-order valence-electron chi connectivity index (χ2n) is 7.04. The first-order valence-corrected chi connectivity index (χ1v) is 10.0. The quantitative estimate of drug-likeness (QED) is 0.832. The van der Waals surface area contributed by atoms with Crippen LogP contribution in [-0.2, 0) is 17.8 Å². The summed E-state index contributed by atoms with van der Waals surface area (Å²) in [4.78, 5) is 20.5. The predicted molar refractivity (Wildman–Crippen MR) is 106 cm³/mol. The highest BCUT2D eigenvalue weighted by Gasteiger charge is 2.20. The molecule has 3 rings (SSSR count). The van der Waals surface area contributed by atoms with Crippen molar-refractivity contribution in [2.24, 2.45) is 0 Å². The molecule has 2 aromatic rings. The topological polar surface area (TPSA) is 54.5 Å². The highest BCUT2D eigenvalue weighted by Crippen LogP contribution is 2.29. The monoisotopic (exact) mass is 373 g/mol. The van der Waals surface area contributed by atoms with Crippen molar-refractivity contribution in [1.82, 2.24) is 9.88 Å². The highest BCUT2D eigenvalue weighted by molar-refractivity contribution is 7.15. The van der Waals surface area contributed by atoms with E-state index in [1.165, 1.54) is 4.88 Å². The van der Waals surface area contributed by atoms with E-state index in [9.17, 15) is 4.79 Å². The van der Waals surface area contributed by atoms with Crippen LogP contribution in [0.3, 0.4) is 0 Å². The van der Waals surface area contributed by atoms with Crippen molar-refractivity contribution in [3.05, 3.63) is 39.9 Å². The Labute approximate surface area is 159 Å². The molecule has 140 valence electrons. The number of benzene rings is 1. The number of carbonyl (C=O) groups is 1. The molecule has 0 bridgehead atoms. The van der Waals surface area contributed by atoms with Gasteiger partial charge < -0.3 is 4.74 Å². The molecule has 1 amide bonds. The minimum Gasteiger partial charge on any atom is -0.483 e. The summed E-state index contributed by atoms with van der Waals surface area (Å²) in [5.41, 5.74) is 3.36. The lowest BCUT2D eigenvalue weighted by molar-refractivity contribution is -0.118. The van der Waals surface area contributed by atoms with Gasteiger partial charge in [0.25, 0.3) is 5.91 Å². The fraction of sp³-hybridized carbons (Fsp3) is 0.500. The molecule has 1 aliphatic rings. The van der Waals surface area contributed by atoms with Crippen LogP contribution < -0.4 is 10.1 Å². The molecule has 1 N–H and O–H groups in total. The lowest BCUT2D eigenvalue weighted by Gasteiger charge is -2.23. The average Bonchev–Trinajstić information content (AvgIpc) is 3.00. The van der Waals surface area contributed by atoms with Crippen molar-refractivity contribution in [1.29, 1.82) is 0 Å². The number of ether oxygens (including phenoxy) is 1. The number of nitrogens with zero attached hydrogens (tertiary/aromatic N) is 2. The smallest absolute Gasteiger partial charge is 0.264 e. The Bertz CT molecular complexity index is 785. The minimum absolute atomic E-state index is 0.00545. The maximum atomic E-state index is 12.3. The largest absolute Gasteiger partial charge is 0.483 e. The Hall–Kier alpha value is -1.92. The summed E-state index contributed by atoms with van der Waals surface area (Å²) in [5.74, 6) is 0.965. The van der Waals surface area contributed by atoms with Crippen molar-refractivity contribution in [2.45, 2.75) is 46.6 Å². The van der Waals surface area contributed by atoms with Gasteiger partial charge in [-0.2, -0.15) is 0 Å². The highest BCUT2D eigenvalue weighted by atomic mass is 32.1. The second kappa shape index (κ2) is 8.18. The van der Waals surface area contributed by atoms with Crippen LogP contribution in [0.25, 0.3) is 0 Å². The number of fused-ring (bicyclic) bond motifs is 1. The van der Waals surface area contributed by atoms with Crippen molar-refractivity contribution < 1.29 is 9.53 Å². The number of nitrogens with one attached hydrogen (secondary N) is 1. The number of aromatic nitrogens is 1. The van der Waals surface area contributed by atoms with E-state index >= 15 is 0 Å². The summed E-state index contributed by atoms with van der Waals surface area (Å²) in [7, 11) is 0. The van der Waals surface area contributed by atoms with Crippen molar-refractivity contribution >= 4 is 22.4 Å². The Morgan fingerprint density at radius 1 is 1.42 bits per heavy atom. The van der Waals surface area contributed by atoms with Crippen LogP contribution in [-0.4, -0.2) is 35.5 Å². The molecule has 5 nitrogen and oxygen atoms in total. The van der Waals surface area contributed by atoms with Crippen molar-refractivity contribution in [2.75, 3.05) is 25.0 Å². The number of likely N-dealkylation sites (N-methyl/N-ethyl adjacent to an activating group) is 1. The molecule has 26 heavy (non-hydrogen) atoms. The number of hydrogen-bond donors (Lipinski definition) is 1. The van der Waals surface area contributed by atoms with E-state index < -0.39 is 0 Å². The summed E-state index contributed by atoms with van der Waals surface area (Å²) in [6.07, 6.45) is 0.951. The molecular weight excluding hydrogens is 346 g/mol. The maximum Gasteiger partial charge on any atom is 0.264 e. The zero-order valence-electron chi connectivity index (χ0n) is 16.0. The summed E-state index contributed by atoms with van der Waals surface area (Å²) < 4.78 is 5.81. The fourth-order valence-electron chi connectivity index (χ4n) is 3.11. The van der Waals surface area contributed by atoms with Crippen LogP contribution in [0, 0.1) is 6.92 Å². The van der Waals surface area contributed by atoms with Gasteiger partial charge >= 0.3 is 0 Å². The van der Waals surface area contributed by atoms with Gasteiger partial charge in [-0.25, -0.2) is 4.98 Å². The van der Waals surface area contributed by atoms with E-state index in [2.05, 4.69) is 48.1 Å². The Kier molecular flexibility index (Phi) is 5.94. The molecule has 0 fully saturated rings. The lowest BCUT2D eigenvalue weighted by Crippen LogP contribution is -2.29. The van der Waals surface area contributed by atoms with Gasteiger partial charge in [-0.1, -0.05) is 32.9 Å². The van der Waals surface area contributed by atoms with Crippen LogP contribution >= 0.6 is 11.3 Å². The molecule has 6 heteroatoms. The predicted octanol–water partition coefficient (Wildman–Crippen LogP) is 3.97. The first kappa shape index (κ1) is 18.9. The maximum absolute atomic E-state index is 12.3. The number of anilines is 1. The molecule has 0 spiro atoms. The van der Waals surface area contributed by atoms with E-state index in [1.807, 2.05) is 13.0 Å². The van der Waals surface area contributed by atoms with E-state index in [0.29, 0.717) is 11.0 Å². The average molecular weight is 374 g/mol. The molecule has 1 aromatic heterocycles. The zero-order valence-corrected chi connectivity index (χ0v) is 16.8. The summed E-state index contributed by atoms with van der Waals surface area (Å²) in [6, 6.07) is 6.13. The molecule has 0 unspecified atom stereocenters. The number of hydrogen-bond acceptors (Lipinski definition) is 5. The Morgan fingerprint density at radius 3 is 2.96 bits per heavy atom. The van der Waals surface area contributed by atoms with Gasteiger partial charge in [0, 0.05) is 24.4 Å².